The minimum absolute atomic E-state index is 0.566. The normalized spacial score (nSPS) is 10.9. The average Bonchev–Trinajstić information content (AvgIpc) is 2.86. The first kappa shape index (κ1) is 16.0. The molecular formula is C14H18BrN5S. The van der Waals surface area contributed by atoms with E-state index in [-0.39, 0.29) is 0 Å². The molecular weight excluding hydrogens is 350 g/mol. The standard InChI is InChI=1S/C14H18BrN5S/c1-9(2)6-13-18-14(20-19-13)21-8-10(3)17-12-5-4-11(15)7-16-12/h4-5,7,9H,3,6,8H2,1-2H3,(H,16,17)(H,18,19,20). The fraction of sp³-hybridized carbons (Fsp3) is 0.357. The Morgan fingerprint density at radius 2 is 2.29 bits per heavy atom. The molecule has 2 aromatic rings. The van der Waals surface area contributed by atoms with Crippen LogP contribution in [-0.4, -0.2) is 25.9 Å². The highest BCUT2D eigenvalue weighted by Crippen LogP contribution is 2.18. The molecule has 0 atom stereocenters. The van der Waals surface area contributed by atoms with Crippen LogP contribution in [0.3, 0.4) is 0 Å². The van der Waals surface area contributed by atoms with Gasteiger partial charge < -0.3 is 5.32 Å². The number of anilines is 1. The zero-order chi connectivity index (χ0) is 15.2. The van der Waals surface area contributed by atoms with Crippen molar-refractivity contribution in [1.82, 2.24) is 20.2 Å². The average molecular weight is 368 g/mol. The summed E-state index contributed by atoms with van der Waals surface area (Å²) >= 11 is 4.90. The third-order valence-corrected chi connectivity index (χ3v) is 3.92. The van der Waals surface area contributed by atoms with Crippen molar-refractivity contribution in [3.63, 3.8) is 0 Å². The summed E-state index contributed by atoms with van der Waals surface area (Å²) in [6.45, 7) is 8.31. The molecule has 0 aromatic carbocycles. The molecule has 0 fully saturated rings. The van der Waals surface area contributed by atoms with Gasteiger partial charge in [0.25, 0.3) is 0 Å². The Bertz CT molecular complexity index is 594. The van der Waals surface area contributed by atoms with Crippen molar-refractivity contribution in [1.29, 1.82) is 0 Å². The lowest BCUT2D eigenvalue weighted by atomic mass is 10.1. The number of pyridine rings is 1. The largest absolute Gasteiger partial charge is 0.344 e. The van der Waals surface area contributed by atoms with Crippen LogP contribution < -0.4 is 5.32 Å². The maximum absolute atomic E-state index is 4.45. The Kier molecular flexibility index (Phi) is 5.81. The fourth-order valence-electron chi connectivity index (χ4n) is 1.64. The van der Waals surface area contributed by atoms with E-state index < -0.39 is 0 Å². The van der Waals surface area contributed by atoms with Crippen molar-refractivity contribution in [3.8, 4) is 0 Å². The van der Waals surface area contributed by atoms with Gasteiger partial charge in [-0.25, -0.2) is 9.97 Å². The van der Waals surface area contributed by atoms with Crippen LogP contribution in [0, 0.1) is 5.92 Å². The second-order valence-electron chi connectivity index (χ2n) is 5.04. The first-order chi connectivity index (χ1) is 10.0. The highest BCUT2D eigenvalue weighted by molar-refractivity contribution is 9.10. The lowest BCUT2D eigenvalue weighted by Crippen LogP contribution is -2.02. The van der Waals surface area contributed by atoms with Gasteiger partial charge in [-0.1, -0.05) is 32.2 Å². The van der Waals surface area contributed by atoms with Gasteiger partial charge in [-0.15, -0.1) is 5.10 Å². The lowest BCUT2D eigenvalue weighted by molar-refractivity contribution is 0.622. The van der Waals surface area contributed by atoms with Gasteiger partial charge in [0.15, 0.2) is 0 Å². The zero-order valence-corrected chi connectivity index (χ0v) is 14.5. The molecule has 2 rings (SSSR count). The second-order valence-corrected chi connectivity index (χ2v) is 6.90. The van der Waals surface area contributed by atoms with Crippen LogP contribution in [0.5, 0.6) is 0 Å². The van der Waals surface area contributed by atoms with Crippen LogP contribution in [0.25, 0.3) is 0 Å². The minimum atomic E-state index is 0.566. The Labute approximate surface area is 137 Å². The Balaban J connectivity index is 1.81. The number of H-pyrrole nitrogens is 1. The molecule has 0 bridgehead atoms. The van der Waals surface area contributed by atoms with Crippen molar-refractivity contribution in [3.05, 3.63) is 40.9 Å². The quantitative estimate of drug-likeness (QED) is 0.726. The van der Waals surface area contributed by atoms with E-state index in [1.807, 2.05) is 12.1 Å². The van der Waals surface area contributed by atoms with E-state index in [4.69, 9.17) is 0 Å². The molecule has 21 heavy (non-hydrogen) atoms. The van der Waals surface area contributed by atoms with Crippen LogP contribution in [-0.2, 0) is 6.42 Å². The number of nitrogens with zero attached hydrogens (tertiary/aromatic N) is 3. The van der Waals surface area contributed by atoms with Gasteiger partial charge in [0.05, 0.1) is 0 Å². The van der Waals surface area contributed by atoms with E-state index in [0.29, 0.717) is 11.7 Å². The number of hydrogen-bond donors (Lipinski definition) is 2. The van der Waals surface area contributed by atoms with Gasteiger partial charge in [0, 0.05) is 28.5 Å². The predicted octanol–water partition coefficient (Wildman–Crippen LogP) is 3.88. The van der Waals surface area contributed by atoms with E-state index >= 15 is 0 Å². The Hall–Kier alpha value is -1.34. The van der Waals surface area contributed by atoms with E-state index in [0.717, 1.165) is 33.4 Å². The first-order valence-corrected chi connectivity index (χ1v) is 8.41. The molecule has 0 spiro atoms. The molecule has 2 heterocycles. The molecule has 0 aliphatic rings. The van der Waals surface area contributed by atoms with Gasteiger partial charge in [-0.05, 0) is 34.0 Å². The van der Waals surface area contributed by atoms with Crippen LogP contribution in [0.15, 0.2) is 40.2 Å². The van der Waals surface area contributed by atoms with Crippen molar-refractivity contribution in [2.75, 3.05) is 11.1 Å². The number of aromatic amines is 1. The highest BCUT2D eigenvalue weighted by atomic mass is 79.9. The molecule has 0 amide bonds. The number of hydrogen-bond acceptors (Lipinski definition) is 5. The van der Waals surface area contributed by atoms with Crippen LogP contribution in [0.4, 0.5) is 5.82 Å². The van der Waals surface area contributed by atoms with Gasteiger partial charge >= 0.3 is 0 Å². The summed E-state index contributed by atoms with van der Waals surface area (Å²) in [7, 11) is 0. The molecule has 0 radical (unpaired) electrons. The summed E-state index contributed by atoms with van der Waals surface area (Å²) in [4.78, 5) is 8.69. The number of halogens is 1. The molecule has 0 aliphatic carbocycles. The van der Waals surface area contributed by atoms with E-state index in [1.54, 1.807) is 18.0 Å². The topological polar surface area (TPSA) is 66.5 Å². The predicted molar refractivity (Wildman–Crippen MR) is 90.3 cm³/mol. The van der Waals surface area contributed by atoms with Gasteiger partial charge in [0.2, 0.25) is 5.16 Å². The second kappa shape index (κ2) is 7.61. The molecule has 5 nitrogen and oxygen atoms in total. The molecule has 2 aromatic heterocycles. The first-order valence-electron chi connectivity index (χ1n) is 6.63. The zero-order valence-electron chi connectivity index (χ0n) is 12.1. The number of rotatable bonds is 7. The minimum Gasteiger partial charge on any atom is -0.344 e. The molecule has 0 unspecified atom stereocenters. The molecule has 0 saturated heterocycles. The summed E-state index contributed by atoms with van der Waals surface area (Å²) in [5.74, 6) is 2.97. The third kappa shape index (κ3) is 5.51. The van der Waals surface area contributed by atoms with Crippen LogP contribution in [0.2, 0.25) is 0 Å². The summed E-state index contributed by atoms with van der Waals surface area (Å²) in [6.07, 6.45) is 2.66. The van der Waals surface area contributed by atoms with Crippen LogP contribution >= 0.6 is 27.7 Å². The number of aromatic nitrogens is 4. The smallest absolute Gasteiger partial charge is 0.208 e. The molecule has 7 heteroatoms. The monoisotopic (exact) mass is 367 g/mol. The van der Waals surface area contributed by atoms with Gasteiger partial charge in [-0.2, -0.15) is 0 Å². The van der Waals surface area contributed by atoms with Crippen molar-refractivity contribution in [2.24, 2.45) is 5.92 Å². The number of nitrogens with one attached hydrogen (secondary N) is 2. The van der Waals surface area contributed by atoms with Crippen molar-refractivity contribution < 1.29 is 0 Å². The number of thioether (sulfide) groups is 1. The van der Waals surface area contributed by atoms with E-state index in [1.165, 1.54) is 0 Å². The maximum Gasteiger partial charge on any atom is 0.208 e. The van der Waals surface area contributed by atoms with Gasteiger partial charge in [0.1, 0.15) is 11.6 Å². The molecule has 0 saturated carbocycles. The van der Waals surface area contributed by atoms with E-state index in [9.17, 15) is 0 Å². The SMILES string of the molecule is C=C(CSc1n[nH]c(CC(C)C)n1)Nc1ccc(Br)cn1. The van der Waals surface area contributed by atoms with Gasteiger partial charge in [-0.3, -0.25) is 5.10 Å². The third-order valence-electron chi connectivity index (χ3n) is 2.52. The van der Waals surface area contributed by atoms with Crippen molar-refractivity contribution >= 4 is 33.5 Å². The summed E-state index contributed by atoms with van der Waals surface area (Å²) in [6, 6.07) is 3.83. The summed E-state index contributed by atoms with van der Waals surface area (Å²) in [5, 5.41) is 11.1. The summed E-state index contributed by atoms with van der Waals surface area (Å²) in [5.41, 5.74) is 0.866. The van der Waals surface area contributed by atoms with Crippen molar-refractivity contribution in [2.45, 2.75) is 25.4 Å². The van der Waals surface area contributed by atoms with E-state index in [2.05, 4.69) is 61.8 Å². The summed E-state index contributed by atoms with van der Waals surface area (Å²) < 4.78 is 0.950. The Morgan fingerprint density at radius 3 is 2.95 bits per heavy atom. The fourth-order valence-corrected chi connectivity index (χ4v) is 2.53. The van der Waals surface area contributed by atoms with Crippen LogP contribution in [0.1, 0.15) is 19.7 Å². The molecule has 112 valence electrons. The molecule has 2 N–H and O–H groups in total. The Morgan fingerprint density at radius 1 is 1.48 bits per heavy atom. The highest BCUT2D eigenvalue weighted by Gasteiger charge is 2.06. The maximum atomic E-state index is 4.45. The molecule has 0 aliphatic heterocycles. The lowest BCUT2D eigenvalue weighted by Gasteiger charge is -2.07.